The van der Waals surface area contributed by atoms with E-state index in [1.54, 1.807) is 12.1 Å². The molecule has 130 valence electrons. The molecular formula is C22H30FN. The van der Waals surface area contributed by atoms with E-state index < -0.39 is 0 Å². The molecule has 2 heteroatoms. The summed E-state index contributed by atoms with van der Waals surface area (Å²) in [5.41, 5.74) is 4.63. The Balaban J connectivity index is 3.48. The van der Waals surface area contributed by atoms with E-state index >= 15 is 0 Å². The highest BCUT2D eigenvalue weighted by atomic mass is 19.1. The monoisotopic (exact) mass is 327 g/mol. The van der Waals surface area contributed by atoms with Crippen LogP contribution in [0, 0.1) is 17.2 Å². The SMILES string of the molecule is C=NC(=CC(=C(C)C)C(CC(=C)C)C(C)(C)C)c1ccccc1F. The Bertz CT molecular complexity index is 667. The first kappa shape index (κ1) is 20.1. The van der Waals surface area contributed by atoms with Crippen LogP contribution in [-0.2, 0) is 0 Å². The molecule has 0 fully saturated rings. The van der Waals surface area contributed by atoms with Crippen molar-refractivity contribution < 1.29 is 4.39 Å². The Morgan fingerprint density at radius 2 is 1.79 bits per heavy atom. The van der Waals surface area contributed by atoms with Crippen LogP contribution in [-0.4, -0.2) is 6.72 Å². The van der Waals surface area contributed by atoms with Crippen LogP contribution in [0.15, 0.2) is 58.6 Å². The molecule has 1 unspecified atom stereocenters. The zero-order valence-electron chi connectivity index (χ0n) is 15.9. The predicted molar refractivity (Wildman–Crippen MR) is 105 cm³/mol. The van der Waals surface area contributed by atoms with Gasteiger partial charge in [-0.2, -0.15) is 0 Å². The van der Waals surface area contributed by atoms with Crippen molar-refractivity contribution in [1.29, 1.82) is 0 Å². The van der Waals surface area contributed by atoms with E-state index in [1.165, 1.54) is 17.2 Å². The number of rotatable bonds is 6. The molecule has 0 radical (unpaired) electrons. The third-order valence-corrected chi connectivity index (χ3v) is 4.16. The molecule has 1 rings (SSSR count). The zero-order valence-corrected chi connectivity index (χ0v) is 15.9. The van der Waals surface area contributed by atoms with Gasteiger partial charge in [-0.15, -0.1) is 6.58 Å². The summed E-state index contributed by atoms with van der Waals surface area (Å²) in [7, 11) is 0. The maximum absolute atomic E-state index is 14.2. The van der Waals surface area contributed by atoms with Crippen LogP contribution in [0.3, 0.4) is 0 Å². The molecule has 0 amide bonds. The molecule has 0 spiro atoms. The summed E-state index contributed by atoms with van der Waals surface area (Å²) in [5.74, 6) is -0.00000971. The van der Waals surface area contributed by atoms with E-state index in [0.717, 1.165) is 12.0 Å². The zero-order chi connectivity index (χ0) is 18.5. The molecule has 0 aliphatic rings. The molecule has 24 heavy (non-hydrogen) atoms. The fraction of sp³-hybridized carbons (Fsp3) is 0.409. The minimum absolute atomic E-state index is 0.0591. The van der Waals surface area contributed by atoms with Crippen molar-refractivity contribution in [3.8, 4) is 0 Å². The minimum atomic E-state index is -0.281. The van der Waals surface area contributed by atoms with Gasteiger partial charge in [0.25, 0.3) is 0 Å². The van der Waals surface area contributed by atoms with Crippen LogP contribution in [0.4, 0.5) is 4.39 Å². The Labute approximate surface area is 146 Å². The van der Waals surface area contributed by atoms with Gasteiger partial charge >= 0.3 is 0 Å². The van der Waals surface area contributed by atoms with Crippen molar-refractivity contribution in [2.45, 2.75) is 48.0 Å². The van der Waals surface area contributed by atoms with Crippen LogP contribution in [0.25, 0.3) is 5.70 Å². The number of benzene rings is 1. The lowest BCUT2D eigenvalue weighted by Crippen LogP contribution is -2.23. The highest BCUT2D eigenvalue weighted by Crippen LogP contribution is 2.39. The van der Waals surface area contributed by atoms with E-state index in [4.69, 9.17) is 0 Å². The van der Waals surface area contributed by atoms with Crippen LogP contribution in [0.1, 0.15) is 53.5 Å². The van der Waals surface area contributed by atoms with Gasteiger partial charge < -0.3 is 0 Å². The standard InChI is InChI=1S/C22H30FN/c1-15(2)13-19(22(5,6)7)18(16(3)4)14-21(24-8)17-11-9-10-12-20(17)23/h9-12,14,19H,1,8,13H2,2-7H3. The quantitative estimate of drug-likeness (QED) is 0.308. The van der Waals surface area contributed by atoms with E-state index in [1.807, 2.05) is 12.1 Å². The molecule has 0 aliphatic carbocycles. The molecule has 0 saturated carbocycles. The lowest BCUT2D eigenvalue weighted by Gasteiger charge is -2.33. The highest BCUT2D eigenvalue weighted by Gasteiger charge is 2.28. The predicted octanol–water partition coefficient (Wildman–Crippen LogP) is 6.83. The Hall–Kier alpha value is -1.96. The average Bonchev–Trinajstić information content (AvgIpc) is 2.46. The van der Waals surface area contributed by atoms with E-state index in [9.17, 15) is 4.39 Å². The normalized spacial score (nSPS) is 13.4. The number of allylic oxidation sites excluding steroid dienone is 4. The summed E-state index contributed by atoms with van der Waals surface area (Å²) < 4.78 is 14.2. The first-order chi connectivity index (χ1) is 11.1. The van der Waals surface area contributed by atoms with Gasteiger partial charge in [-0.3, -0.25) is 4.99 Å². The Kier molecular flexibility index (Phi) is 6.89. The lowest BCUT2D eigenvalue weighted by molar-refractivity contribution is 0.280. The number of hydrogen-bond donors (Lipinski definition) is 0. The highest BCUT2D eigenvalue weighted by molar-refractivity contribution is 5.71. The minimum Gasteiger partial charge on any atom is -0.264 e. The second-order valence-corrected chi connectivity index (χ2v) is 7.70. The number of aliphatic imine (C=N–C) groups is 1. The molecule has 0 bridgehead atoms. The van der Waals surface area contributed by atoms with Gasteiger partial charge in [0, 0.05) is 5.56 Å². The molecule has 1 aromatic carbocycles. The molecule has 0 saturated heterocycles. The number of hydrogen-bond acceptors (Lipinski definition) is 1. The van der Waals surface area contributed by atoms with Crippen molar-refractivity contribution in [2.75, 3.05) is 0 Å². The fourth-order valence-electron chi connectivity index (χ4n) is 2.85. The van der Waals surface area contributed by atoms with Crippen molar-refractivity contribution >= 4 is 12.4 Å². The van der Waals surface area contributed by atoms with Crippen LogP contribution in [0.2, 0.25) is 0 Å². The first-order valence-corrected chi connectivity index (χ1v) is 8.33. The molecule has 0 aromatic heterocycles. The molecule has 0 N–H and O–H groups in total. The summed E-state index contributed by atoms with van der Waals surface area (Å²) in [4.78, 5) is 4.10. The summed E-state index contributed by atoms with van der Waals surface area (Å²) in [5, 5.41) is 0. The van der Waals surface area contributed by atoms with Gasteiger partial charge in [-0.1, -0.05) is 44.1 Å². The second kappa shape index (κ2) is 8.23. The summed E-state index contributed by atoms with van der Waals surface area (Å²) in [6.45, 7) is 20.6. The van der Waals surface area contributed by atoms with Crippen LogP contribution >= 0.6 is 0 Å². The van der Waals surface area contributed by atoms with E-state index in [0.29, 0.717) is 11.3 Å². The summed E-state index contributed by atoms with van der Waals surface area (Å²) >= 11 is 0. The largest absolute Gasteiger partial charge is 0.264 e. The van der Waals surface area contributed by atoms with Gasteiger partial charge in [-0.05, 0) is 69.0 Å². The first-order valence-electron chi connectivity index (χ1n) is 8.33. The lowest BCUT2D eigenvalue weighted by atomic mass is 9.71. The molecule has 1 nitrogen and oxygen atoms in total. The van der Waals surface area contributed by atoms with Gasteiger partial charge in [0.1, 0.15) is 5.82 Å². The smallest absolute Gasteiger partial charge is 0.132 e. The maximum atomic E-state index is 14.2. The molecule has 1 atom stereocenters. The van der Waals surface area contributed by atoms with Gasteiger partial charge in [0.05, 0.1) is 5.70 Å². The Morgan fingerprint density at radius 3 is 2.21 bits per heavy atom. The summed E-state index contributed by atoms with van der Waals surface area (Å²) in [6, 6.07) is 6.68. The summed E-state index contributed by atoms with van der Waals surface area (Å²) in [6.07, 6.45) is 2.88. The van der Waals surface area contributed by atoms with Crippen LogP contribution in [0.5, 0.6) is 0 Å². The maximum Gasteiger partial charge on any atom is 0.132 e. The van der Waals surface area contributed by atoms with Crippen molar-refractivity contribution in [1.82, 2.24) is 0 Å². The topological polar surface area (TPSA) is 12.4 Å². The van der Waals surface area contributed by atoms with Gasteiger partial charge in [0.15, 0.2) is 0 Å². The molecule has 0 aliphatic heterocycles. The molecule has 0 heterocycles. The van der Waals surface area contributed by atoms with Crippen molar-refractivity contribution in [2.24, 2.45) is 16.3 Å². The van der Waals surface area contributed by atoms with E-state index in [-0.39, 0.29) is 17.2 Å². The number of halogens is 1. The molecule has 1 aromatic rings. The van der Waals surface area contributed by atoms with Crippen molar-refractivity contribution in [3.63, 3.8) is 0 Å². The van der Waals surface area contributed by atoms with Gasteiger partial charge in [0.2, 0.25) is 0 Å². The Morgan fingerprint density at radius 1 is 1.21 bits per heavy atom. The molecular weight excluding hydrogens is 297 g/mol. The third kappa shape index (κ3) is 5.30. The van der Waals surface area contributed by atoms with E-state index in [2.05, 4.69) is 59.8 Å². The number of nitrogens with zero attached hydrogens (tertiary/aromatic N) is 1. The van der Waals surface area contributed by atoms with Crippen molar-refractivity contribution in [3.05, 3.63) is 65.0 Å². The third-order valence-electron chi connectivity index (χ3n) is 4.16. The van der Waals surface area contributed by atoms with Gasteiger partial charge in [-0.25, -0.2) is 4.39 Å². The fourth-order valence-corrected chi connectivity index (χ4v) is 2.85. The average molecular weight is 327 g/mol. The second-order valence-electron chi connectivity index (χ2n) is 7.70. The van der Waals surface area contributed by atoms with Crippen LogP contribution < -0.4 is 0 Å².